The Kier molecular flexibility index (Phi) is 2.91. The van der Waals surface area contributed by atoms with Crippen molar-refractivity contribution in [3.05, 3.63) is 41.8 Å². The average molecular weight is 234 g/mol. The van der Waals surface area contributed by atoms with Crippen molar-refractivity contribution in [1.29, 1.82) is 0 Å². The van der Waals surface area contributed by atoms with Crippen LogP contribution >= 0.6 is 0 Å². The van der Waals surface area contributed by atoms with Gasteiger partial charge in [0, 0.05) is 20.2 Å². The van der Waals surface area contributed by atoms with Crippen LogP contribution in [0.3, 0.4) is 0 Å². The van der Waals surface area contributed by atoms with Gasteiger partial charge in [-0.15, -0.1) is 0 Å². The van der Waals surface area contributed by atoms with Crippen molar-refractivity contribution >= 4 is 5.91 Å². The molecule has 0 aliphatic heterocycles. The first-order chi connectivity index (χ1) is 8.09. The predicted molar refractivity (Wildman–Crippen MR) is 59.9 cm³/mol. The highest BCUT2D eigenvalue weighted by Gasteiger charge is 2.16. The molecule has 88 valence electrons. The van der Waals surface area contributed by atoms with E-state index in [9.17, 15) is 9.18 Å². The van der Waals surface area contributed by atoms with Gasteiger partial charge in [-0.2, -0.15) is 0 Å². The number of halogens is 1. The molecule has 1 aromatic carbocycles. The summed E-state index contributed by atoms with van der Waals surface area (Å²) in [7, 11) is 3.22. The number of carbonyl (C=O) groups is 1. The molecule has 2 aromatic rings. The van der Waals surface area contributed by atoms with E-state index in [1.165, 1.54) is 17.0 Å². The van der Waals surface area contributed by atoms with Crippen molar-refractivity contribution in [3.8, 4) is 11.3 Å². The lowest BCUT2D eigenvalue weighted by Gasteiger charge is -2.05. The molecule has 1 aromatic heterocycles. The fraction of sp³-hybridized carbons (Fsp3) is 0.167. The molecule has 4 nitrogen and oxygen atoms in total. The van der Waals surface area contributed by atoms with Crippen molar-refractivity contribution < 1.29 is 13.7 Å². The Morgan fingerprint density at radius 1 is 1.35 bits per heavy atom. The number of amides is 1. The molecule has 0 radical (unpaired) electrons. The first kappa shape index (κ1) is 11.3. The van der Waals surface area contributed by atoms with Gasteiger partial charge in [0.25, 0.3) is 5.91 Å². The third kappa shape index (κ3) is 2.18. The molecule has 0 bridgehead atoms. The quantitative estimate of drug-likeness (QED) is 0.800. The summed E-state index contributed by atoms with van der Waals surface area (Å²) >= 11 is 0. The molecule has 2 rings (SSSR count). The lowest BCUT2D eigenvalue weighted by Crippen LogP contribution is -2.21. The van der Waals surface area contributed by atoms with E-state index >= 15 is 0 Å². The van der Waals surface area contributed by atoms with Crippen LogP contribution in [0.25, 0.3) is 11.3 Å². The van der Waals surface area contributed by atoms with Crippen LogP contribution in [0.1, 0.15) is 10.5 Å². The van der Waals surface area contributed by atoms with Gasteiger partial charge in [-0.05, 0) is 12.1 Å². The molecular weight excluding hydrogens is 223 g/mol. The minimum absolute atomic E-state index is 0.160. The Hall–Kier alpha value is -2.17. The molecule has 0 aliphatic carbocycles. The summed E-state index contributed by atoms with van der Waals surface area (Å²) < 4.78 is 18.4. The van der Waals surface area contributed by atoms with E-state index in [0.717, 1.165) is 0 Å². The van der Waals surface area contributed by atoms with Gasteiger partial charge in [0.05, 0.1) is 5.56 Å². The second kappa shape index (κ2) is 4.37. The zero-order valence-electron chi connectivity index (χ0n) is 9.48. The number of benzene rings is 1. The van der Waals surface area contributed by atoms with Gasteiger partial charge >= 0.3 is 0 Å². The standard InChI is InChI=1S/C12H11FN2O2/c1-15(2)12(16)10-7-11(17-14-10)8-5-3-4-6-9(8)13/h3-7H,1-2H3. The summed E-state index contributed by atoms with van der Waals surface area (Å²) in [5.74, 6) is -0.447. The molecule has 1 heterocycles. The maximum absolute atomic E-state index is 13.5. The zero-order valence-corrected chi connectivity index (χ0v) is 9.48. The monoisotopic (exact) mass is 234 g/mol. The summed E-state index contributed by atoms with van der Waals surface area (Å²) in [6.07, 6.45) is 0. The second-order valence-corrected chi connectivity index (χ2v) is 3.76. The highest BCUT2D eigenvalue weighted by molar-refractivity contribution is 5.92. The number of rotatable bonds is 2. The summed E-state index contributed by atoms with van der Waals surface area (Å²) in [5, 5.41) is 3.62. The van der Waals surface area contributed by atoms with E-state index < -0.39 is 5.82 Å². The number of hydrogen-bond donors (Lipinski definition) is 0. The molecule has 0 aliphatic rings. The van der Waals surface area contributed by atoms with E-state index in [1.807, 2.05) is 0 Å². The van der Waals surface area contributed by atoms with Crippen molar-refractivity contribution in [3.63, 3.8) is 0 Å². The van der Waals surface area contributed by atoms with Gasteiger partial charge in [0.2, 0.25) is 0 Å². The molecular formula is C12H11FN2O2. The number of carbonyl (C=O) groups excluding carboxylic acids is 1. The van der Waals surface area contributed by atoms with Crippen molar-refractivity contribution in [1.82, 2.24) is 10.1 Å². The summed E-state index contributed by atoms with van der Waals surface area (Å²) in [6, 6.07) is 7.60. The number of hydrogen-bond acceptors (Lipinski definition) is 3. The third-order valence-corrected chi connectivity index (χ3v) is 2.27. The lowest BCUT2D eigenvalue weighted by molar-refractivity contribution is 0.0817. The molecule has 17 heavy (non-hydrogen) atoms. The molecule has 5 heteroatoms. The summed E-state index contributed by atoms with van der Waals surface area (Å²) in [5.41, 5.74) is 0.450. The molecule has 0 saturated carbocycles. The van der Waals surface area contributed by atoms with E-state index in [-0.39, 0.29) is 22.9 Å². The number of nitrogens with zero attached hydrogens (tertiary/aromatic N) is 2. The van der Waals surface area contributed by atoms with Gasteiger partial charge in [-0.1, -0.05) is 17.3 Å². The molecule has 0 atom stereocenters. The van der Waals surface area contributed by atoms with E-state index in [0.29, 0.717) is 0 Å². The highest BCUT2D eigenvalue weighted by Crippen LogP contribution is 2.23. The smallest absolute Gasteiger partial charge is 0.275 e. The summed E-state index contributed by atoms with van der Waals surface area (Å²) in [4.78, 5) is 13.0. The molecule has 0 fully saturated rings. The SMILES string of the molecule is CN(C)C(=O)c1cc(-c2ccccc2F)on1. The topological polar surface area (TPSA) is 46.3 Å². The van der Waals surface area contributed by atoms with Crippen LogP contribution in [0.2, 0.25) is 0 Å². The summed E-state index contributed by atoms with van der Waals surface area (Å²) in [6.45, 7) is 0. The van der Waals surface area contributed by atoms with Gasteiger partial charge in [0.1, 0.15) is 5.82 Å². The fourth-order valence-electron chi connectivity index (χ4n) is 1.39. The minimum Gasteiger partial charge on any atom is -0.355 e. The van der Waals surface area contributed by atoms with Gasteiger partial charge in [0.15, 0.2) is 11.5 Å². The van der Waals surface area contributed by atoms with Crippen molar-refractivity contribution in [2.45, 2.75) is 0 Å². The van der Waals surface area contributed by atoms with Crippen molar-refractivity contribution in [2.24, 2.45) is 0 Å². The largest absolute Gasteiger partial charge is 0.355 e. The van der Waals surface area contributed by atoms with Crippen LogP contribution in [0.4, 0.5) is 4.39 Å². The Morgan fingerprint density at radius 2 is 2.06 bits per heavy atom. The van der Waals surface area contributed by atoms with Crippen LogP contribution in [-0.2, 0) is 0 Å². The molecule has 1 amide bonds. The van der Waals surface area contributed by atoms with E-state index in [2.05, 4.69) is 5.16 Å². The highest BCUT2D eigenvalue weighted by atomic mass is 19.1. The molecule has 0 spiro atoms. The van der Waals surface area contributed by atoms with Gasteiger partial charge in [-0.25, -0.2) is 4.39 Å². The zero-order chi connectivity index (χ0) is 12.4. The minimum atomic E-state index is -0.410. The van der Waals surface area contributed by atoms with Gasteiger partial charge < -0.3 is 9.42 Å². The normalized spacial score (nSPS) is 10.3. The van der Waals surface area contributed by atoms with Crippen LogP contribution in [0, 0.1) is 5.82 Å². The van der Waals surface area contributed by atoms with Crippen LogP contribution < -0.4 is 0 Å². The maximum Gasteiger partial charge on any atom is 0.275 e. The first-order valence-electron chi connectivity index (χ1n) is 5.03. The lowest BCUT2D eigenvalue weighted by atomic mass is 10.1. The number of aromatic nitrogens is 1. The Morgan fingerprint density at radius 3 is 2.71 bits per heavy atom. The Labute approximate surface area is 97.6 Å². The van der Waals surface area contributed by atoms with Crippen molar-refractivity contribution in [2.75, 3.05) is 14.1 Å². The first-order valence-corrected chi connectivity index (χ1v) is 5.03. The molecule has 0 N–H and O–H groups in total. The molecule has 0 saturated heterocycles. The average Bonchev–Trinajstić information content (AvgIpc) is 2.77. The fourth-order valence-corrected chi connectivity index (χ4v) is 1.39. The van der Waals surface area contributed by atoms with Crippen LogP contribution in [-0.4, -0.2) is 30.1 Å². The Balaban J connectivity index is 2.37. The molecule has 0 unspecified atom stereocenters. The van der Waals surface area contributed by atoms with Crippen LogP contribution in [0.5, 0.6) is 0 Å². The second-order valence-electron chi connectivity index (χ2n) is 3.76. The Bertz CT molecular complexity index is 549. The van der Waals surface area contributed by atoms with E-state index in [1.54, 1.807) is 32.3 Å². The maximum atomic E-state index is 13.5. The van der Waals surface area contributed by atoms with E-state index in [4.69, 9.17) is 4.52 Å². The van der Waals surface area contributed by atoms with Gasteiger partial charge in [-0.3, -0.25) is 4.79 Å². The van der Waals surface area contributed by atoms with Crippen LogP contribution in [0.15, 0.2) is 34.9 Å². The predicted octanol–water partition coefficient (Wildman–Crippen LogP) is 2.18. The third-order valence-electron chi connectivity index (χ3n) is 2.27.